The number of hydrogen-bond donors (Lipinski definition) is 2. The molecule has 1 saturated heterocycles. The van der Waals surface area contributed by atoms with E-state index in [2.05, 4.69) is 19.3 Å². The molecule has 0 saturated carbocycles. The third kappa shape index (κ3) is 2.89. The first kappa shape index (κ1) is 13.9. The van der Waals surface area contributed by atoms with Crippen molar-refractivity contribution in [2.75, 3.05) is 0 Å². The standard InChI is InChI=1S/C15H22N2O2/c1-10-6-4-9-13(14(10)18)15(19)16-17-11(2)7-5-8-12(17)3/h4,6,9,11-12,18H,5,7-8H2,1-3H3,(H,16,19). The van der Waals surface area contributed by atoms with Crippen LogP contribution in [0.3, 0.4) is 0 Å². The Kier molecular flexibility index (Phi) is 4.10. The minimum atomic E-state index is -0.234. The van der Waals surface area contributed by atoms with Gasteiger partial charge >= 0.3 is 0 Å². The fourth-order valence-electron chi connectivity index (χ4n) is 2.66. The van der Waals surface area contributed by atoms with Crippen LogP contribution in [0.1, 0.15) is 49.0 Å². The molecule has 104 valence electrons. The Morgan fingerprint density at radius 1 is 1.32 bits per heavy atom. The molecular formula is C15H22N2O2. The van der Waals surface area contributed by atoms with Gasteiger partial charge in [0.2, 0.25) is 0 Å². The number of para-hydroxylation sites is 1. The van der Waals surface area contributed by atoms with Crippen LogP contribution in [-0.4, -0.2) is 28.1 Å². The van der Waals surface area contributed by atoms with Gasteiger partial charge in [-0.1, -0.05) is 18.6 Å². The van der Waals surface area contributed by atoms with Crippen LogP contribution in [0.15, 0.2) is 18.2 Å². The zero-order valence-corrected chi connectivity index (χ0v) is 11.8. The Labute approximate surface area is 114 Å². The zero-order valence-electron chi connectivity index (χ0n) is 11.8. The van der Waals surface area contributed by atoms with Crippen LogP contribution in [-0.2, 0) is 0 Å². The van der Waals surface area contributed by atoms with Crippen LogP contribution in [0.2, 0.25) is 0 Å². The van der Waals surface area contributed by atoms with Gasteiger partial charge in [-0.2, -0.15) is 0 Å². The quantitative estimate of drug-likeness (QED) is 0.861. The maximum Gasteiger partial charge on any atom is 0.269 e. The lowest BCUT2D eigenvalue weighted by atomic mass is 10.00. The second-order valence-electron chi connectivity index (χ2n) is 5.45. The number of rotatable bonds is 2. The summed E-state index contributed by atoms with van der Waals surface area (Å²) in [4.78, 5) is 12.3. The summed E-state index contributed by atoms with van der Waals surface area (Å²) in [5.74, 6) is -0.167. The van der Waals surface area contributed by atoms with Crippen molar-refractivity contribution < 1.29 is 9.90 Å². The van der Waals surface area contributed by atoms with E-state index in [4.69, 9.17) is 0 Å². The lowest BCUT2D eigenvalue weighted by Crippen LogP contribution is -2.54. The van der Waals surface area contributed by atoms with Crippen LogP contribution in [0, 0.1) is 6.92 Å². The number of benzene rings is 1. The molecule has 2 N–H and O–H groups in total. The van der Waals surface area contributed by atoms with Crippen LogP contribution in [0.5, 0.6) is 5.75 Å². The van der Waals surface area contributed by atoms with Gasteiger partial charge in [0, 0.05) is 12.1 Å². The van der Waals surface area contributed by atoms with E-state index < -0.39 is 0 Å². The second kappa shape index (κ2) is 5.61. The minimum absolute atomic E-state index is 0.0670. The molecule has 4 nitrogen and oxygen atoms in total. The van der Waals surface area contributed by atoms with Crippen molar-refractivity contribution in [2.24, 2.45) is 0 Å². The first-order valence-corrected chi connectivity index (χ1v) is 6.88. The number of phenolic OH excluding ortho intramolecular Hbond substituents is 1. The van der Waals surface area contributed by atoms with Crippen LogP contribution in [0.4, 0.5) is 0 Å². The van der Waals surface area contributed by atoms with Crippen molar-refractivity contribution >= 4 is 5.91 Å². The Morgan fingerprint density at radius 2 is 1.95 bits per heavy atom. The van der Waals surface area contributed by atoms with E-state index in [1.54, 1.807) is 25.1 Å². The molecular weight excluding hydrogens is 240 g/mol. The number of hydrogen-bond acceptors (Lipinski definition) is 3. The van der Waals surface area contributed by atoms with E-state index in [0.29, 0.717) is 23.2 Å². The predicted octanol–water partition coefficient (Wildman–Crippen LogP) is 2.61. The molecule has 0 aliphatic carbocycles. The van der Waals surface area contributed by atoms with Crippen molar-refractivity contribution in [3.05, 3.63) is 29.3 Å². The number of hydrazine groups is 1. The van der Waals surface area contributed by atoms with Crippen molar-refractivity contribution in [1.82, 2.24) is 10.4 Å². The van der Waals surface area contributed by atoms with Gasteiger partial charge in [-0.05, 0) is 45.2 Å². The number of nitrogens with one attached hydrogen (secondary N) is 1. The summed E-state index contributed by atoms with van der Waals surface area (Å²) in [6.07, 6.45) is 3.37. The predicted molar refractivity (Wildman–Crippen MR) is 74.9 cm³/mol. The van der Waals surface area contributed by atoms with Crippen molar-refractivity contribution in [3.8, 4) is 5.75 Å². The van der Waals surface area contributed by atoms with Gasteiger partial charge in [0.1, 0.15) is 5.75 Å². The molecule has 1 aromatic carbocycles. The normalized spacial score (nSPS) is 24.2. The largest absolute Gasteiger partial charge is 0.507 e. The molecule has 1 aliphatic rings. The molecule has 4 heteroatoms. The van der Waals surface area contributed by atoms with Gasteiger partial charge in [-0.15, -0.1) is 0 Å². The van der Waals surface area contributed by atoms with Crippen LogP contribution >= 0.6 is 0 Å². The summed E-state index contributed by atoms with van der Waals surface area (Å²) in [6, 6.07) is 5.89. The maximum absolute atomic E-state index is 12.3. The molecule has 1 amide bonds. The number of aromatic hydroxyl groups is 1. The Bertz CT molecular complexity index is 463. The molecule has 19 heavy (non-hydrogen) atoms. The third-order valence-corrected chi connectivity index (χ3v) is 3.91. The average molecular weight is 262 g/mol. The molecule has 2 unspecified atom stereocenters. The Morgan fingerprint density at radius 3 is 2.58 bits per heavy atom. The number of carbonyl (C=O) groups is 1. The molecule has 2 rings (SSSR count). The highest BCUT2D eigenvalue weighted by atomic mass is 16.3. The molecule has 1 heterocycles. The maximum atomic E-state index is 12.3. The Balaban J connectivity index is 2.14. The average Bonchev–Trinajstić information content (AvgIpc) is 2.37. The van der Waals surface area contributed by atoms with E-state index in [9.17, 15) is 9.90 Å². The summed E-state index contributed by atoms with van der Waals surface area (Å²) in [7, 11) is 0. The highest BCUT2D eigenvalue weighted by Crippen LogP contribution is 2.23. The molecule has 1 aromatic rings. The van der Waals surface area contributed by atoms with Gasteiger partial charge in [-0.3, -0.25) is 10.2 Å². The first-order chi connectivity index (χ1) is 9.00. The van der Waals surface area contributed by atoms with E-state index in [1.807, 2.05) is 5.01 Å². The van der Waals surface area contributed by atoms with Crippen molar-refractivity contribution in [2.45, 2.75) is 52.1 Å². The fraction of sp³-hybridized carbons (Fsp3) is 0.533. The summed E-state index contributed by atoms with van der Waals surface area (Å²) < 4.78 is 0. The number of amides is 1. The SMILES string of the molecule is Cc1cccc(C(=O)NN2C(C)CCCC2C)c1O. The van der Waals surface area contributed by atoms with Crippen LogP contribution < -0.4 is 5.43 Å². The monoisotopic (exact) mass is 262 g/mol. The molecule has 0 bridgehead atoms. The molecule has 0 spiro atoms. The zero-order chi connectivity index (χ0) is 14.0. The molecule has 1 fully saturated rings. The fourth-order valence-corrected chi connectivity index (χ4v) is 2.66. The Hall–Kier alpha value is -1.55. The minimum Gasteiger partial charge on any atom is -0.507 e. The third-order valence-electron chi connectivity index (χ3n) is 3.91. The van der Waals surface area contributed by atoms with E-state index in [1.165, 1.54) is 6.42 Å². The number of carbonyl (C=O) groups excluding carboxylic acids is 1. The number of aryl methyl sites for hydroxylation is 1. The smallest absolute Gasteiger partial charge is 0.269 e. The van der Waals surface area contributed by atoms with Gasteiger partial charge in [0.25, 0.3) is 5.91 Å². The van der Waals surface area contributed by atoms with E-state index in [0.717, 1.165) is 12.8 Å². The highest BCUT2D eigenvalue weighted by molar-refractivity contribution is 5.96. The molecule has 1 aliphatic heterocycles. The molecule has 2 atom stereocenters. The number of piperidine rings is 1. The summed E-state index contributed by atoms with van der Waals surface area (Å²) in [5.41, 5.74) is 3.99. The van der Waals surface area contributed by atoms with Gasteiger partial charge in [0.15, 0.2) is 0 Å². The van der Waals surface area contributed by atoms with Crippen LogP contribution in [0.25, 0.3) is 0 Å². The van der Waals surface area contributed by atoms with Gasteiger partial charge in [0.05, 0.1) is 5.56 Å². The summed E-state index contributed by atoms with van der Waals surface area (Å²) >= 11 is 0. The molecule has 0 radical (unpaired) electrons. The first-order valence-electron chi connectivity index (χ1n) is 6.88. The lowest BCUT2D eigenvalue weighted by molar-refractivity contribution is 0.0368. The van der Waals surface area contributed by atoms with E-state index in [-0.39, 0.29) is 11.7 Å². The highest BCUT2D eigenvalue weighted by Gasteiger charge is 2.27. The lowest BCUT2D eigenvalue weighted by Gasteiger charge is -2.38. The summed E-state index contributed by atoms with van der Waals surface area (Å²) in [6.45, 7) is 6.02. The van der Waals surface area contributed by atoms with E-state index >= 15 is 0 Å². The van der Waals surface area contributed by atoms with Crippen molar-refractivity contribution in [1.29, 1.82) is 0 Å². The topological polar surface area (TPSA) is 52.6 Å². The van der Waals surface area contributed by atoms with Gasteiger partial charge in [-0.25, -0.2) is 5.01 Å². The molecule has 0 aromatic heterocycles. The number of nitrogens with zero attached hydrogens (tertiary/aromatic N) is 1. The van der Waals surface area contributed by atoms with Gasteiger partial charge < -0.3 is 5.11 Å². The number of phenols is 1. The second-order valence-corrected chi connectivity index (χ2v) is 5.45. The van der Waals surface area contributed by atoms with Crippen molar-refractivity contribution in [3.63, 3.8) is 0 Å². The summed E-state index contributed by atoms with van der Waals surface area (Å²) in [5, 5.41) is 12.0.